The SMILES string of the molecule is COc1ccc(F)cc1C(O)c1ccc(C)c(Br)c1. The molecule has 0 radical (unpaired) electrons. The summed E-state index contributed by atoms with van der Waals surface area (Å²) in [5.41, 5.74) is 2.17. The van der Waals surface area contributed by atoms with Gasteiger partial charge in [0.05, 0.1) is 7.11 Å². The number of aryl methyl sites for hydroxylation is 1. The lowest BCUT2D eigenvalue weighted by atomic mass is 9.99. The van der Waals surface area contributed by atoms with Crippen LogP contribution in [-0.2, 0) is 0 Å². The Hall–Kier alpha value is -1.39. The minimum Gasteiger partial charge on any atom is -0.496 e. The highest BCUT2D eigenvalue weighted by Gasteiger charge is 2.17. The lowest BCUT2D eigenvalue weighted by Gasteiger charge is -2.16. The Balaban J connectivity index is 2.45. The van der Waals surface area contributed by atoms with Crippen molar-refractivity contribution in [1.82, 2.24) is 0 Å². The molecule has 1 atom stereocenters. The quantitative estimate of drug-likeness (QED) is 0.925. The molecule has 0 aliphatic rings. The summed E-state index contributed by atoms with van der Waals surface area (Å²) in [7, 11) is 1.49. The highest BCUT2D eigenvalue weighted by Crippen LogP contribution is 2.32. The largest absolute Gasteiger partial charge is 0.496 e. The second-order valence-corrected chi connectivity index (χ2v) is 5.15. The Kier molecular flexibility index (Phi) is 4.22. The standard InChI is InChI=1S/C15H14BrFO2/c1-9-3-4-10(7-13(9)16)15(18)12-8-11(17)5-6-14(12)19-2/h3-8,15,18H,1-2H3. The first-order valence-electron chi connectivity index (χ1n) is 5.80. The molecule has 2 nitrogen and oxygen atoms in total. The molecule has 19 heavy (non-hydrogen) atoms. The van der Waals surface area contributed by atoms with Crippen molar-refractivity contribution in [2.75, 3.05) is 7.11 Å². The van der Waals surface area contributed by atoms with Crippen molar-refractivity contribution < 1.29 is 14.2 Å². The molecule has 0 aliphatic carbocycles. The smallest absolute Gasteiger partial charge is 0.125 e. The van der Waals surface area contributed by atoms with E-state index in [0.29, 0.717) is 16.9 Å². The molecule has 0 amide bonds. The van der Waals surface area contributed by atoms with E-state index in [4.69, 9.17) is 4.74 Å². The Morgan fingerprint density at radius 2 is 1.95 bits per heavy atom. The van der Waals surface area contributed by atoms with Crippen LogP contribution in [0.2, 0.25) is 0 Å². The lowest BCUT2D eigenvalue weighted by Crippen LogP contribution is -2.03. The third-order valence-electron chi connectivity index (χ3n) is 3.00. The Labute approximate surface area is 120 Å². The number of rotatable bonds is 3. The summed E-state index contributed by atoms with van der Waals surface area (Å²) in [6.45, 7) is 1.96. The number of hydrogen-bond acceptors (Lipinski definition) is 2. The Morgan fingerprint density at radius 1 is 1.21 bits per heavy atom. The topological polar surface area (TPSA) is 29.5 Å². The van der Waals surface area contributed by atoms with Crippen LogP contribution in [0.4, 0.5) is 4.39 Å². The fourth-order valence-corrected chi connectivity index (χ4v) is 2.27. The minimum atomic E-state index is -0.928. The molecule has 2 rings (SSSR count). The lowest BCUT2D eigenvalue weighted by molar-refractivity contribution is 0.214. The highest BCUT2D eigenvalue weighted by molar-refractivity contribution is 9.10. The van der Waals surface area contributed by atoms with Crippen LogP contribution in [-0.4, -0.2) is 12.2 Å². The molecular weight excluding hydrogens is 311 g/mol. The van der Waals surface area contributed by atoms with Crippen LogP contribution < -0.4 is 4.74 Å². The molecule has 1 unspecified atom stereocenters. The number of halogens is 2. The number of methoxy groups -OCH3 is 1. The van der Waals surface area contributed by atoms with Gasteiger partial charge in [0.2, 0.25) is 0 Å². The van der Waals surface area contributed by atoms with Crippen molar-refractivity contribution in [2.45, 2.75) is 13.0 Å². The predicted molar refractivity (Wildman–Crippen MR) is 75.9 cm³/mol. The summed E-state index contributed by atoms with van der Waals surface area (Å²) >= 11 is 3.42. The molecule has 0 aromatic heterocycles. The van der Waals surface area contributed by atoms with Gasteiger partial charge in [-0.2, -0.15) is 0 Å². The second-order valence-electron chi connectivity index (χ2n) is 4.30. The van der Waals surface area contributed by atoms with Gasteiger partial charge in [-0.15, -0.1) is 0 Å². The summed E-state index contributed by atoms with van der Waals surface area (Å²) in [5.74, 6) is 0.0617. The molecular formula is C15H14BrFO2. The van der Waals surface area contributed by atoms with Crippen molar-refractivity contribution in [2.24, 2.45) is 0 Å². The van der Waals surface area contributed by atoms with Crippen molar-refractivity contribution in [3.63, 3.8) is 0 Å². The van der Waals surface area contributed by atoms with Gasteiger partial charge in [-0.1, -0.05) is 28.1 Å². The van der Waals surface area contributed by atoms with Gasteiger partial charge in [0, 0.05) is 10.0 Å². The first kappa shape index (κ1) is 14.0. The van der Waals surface area contributed by atoms with Gasteiger partial charge >= 0.3 is 0 Å². The molecule has 2 aromatic rings. The molecule has 0 saturated carbocycles. The first-order valence-corrected chi connectivity index (χ1v) is 6.59. The molecule has 0 aliphatic heterocycles. The molecule has 0 bridgehead atoms. The minimum absolute atomic E-state index is 0.402. The van der Waals surface area contributed by atoms with Crippen molar-refractivity contribution in [3.05, 3.63) is 63.4 Å². The summed E-state index contributed by atoms with van der Waals surface area (Å²) in [6, 6.07) is 9.64. The maximum Gasteiger partial charge on any atom is 0.125 e. The van der Waals surface area contributed by atoms with E-state index < -0.39 is 11.9 Å². The van der Waals surface area contributed by atoms with Gasteiger partial charge < -0.3 is 9.84 Å². The molecule has 0 fully saturated rings. The average molecular weight is 325 g/mol. The summed E-state index contributed by atoms with van der Waals surface area (Å²) in [5, 5.41) is 10.4. The van der Waals surface area contributed by atoms with Crippen LogP contribution in [0.3, 0.4) is 0 Å². The third-order valence-corrected chi connectivity index (χ3v) is 3.85. The van der Waals surface area contributed by atoms with E-state index in [-0.39, 0.29) is 0 Å². The van der Waals surface area contributed by atoms with Gasteiger partial charge in [-0.05, 0) is 42.3 Å². The van der Waals surface area contributed by atoms with E-state index >= 15 is 0 Å². The van der Waals surface area contributed by atoms with Crippen LogP contribution in [0.15, 0.2) is 40.9 Å². The van der Waals surface area contributed by atoms with Gasteiger partial charge in [0.1, 0.15) is 17.7 Å². The van der Waals surface area contributed by atoms with E-state index in [1.165, 1.54) is 25.3 Å². The van der Waals surface area contributed by atoms with Gasteiger partial charge in [-0.3, -0.25) is 0 Å². The molecule has 0 saturated heterocycles. The fraction of sp³-hybridized carbons (Fsp3) is 0.200. The van der Waals surface area contributed by atoms with Gasteiger partial charge in [0.15, 0.2) is 0 Å². The van der Waals surface area contributed by atoms with Gasteiger partial charge in [0.25, 0.3) is 0 Å². The van der Waals surface area contributed by atoms with E-state index in [0.717, 1.165) is 10.0 Å². The third kappa shape index (κ3) is 2.96. The van der Waals surface area contributed by atoms with Crippen molar-refractivity contribution in [1.29, 1.82) is 0 Å². The molecule has 4 heteroatoms. The summed E-state index contributed by atoms with van der Waals surface area (Å²) in [4.78, 5) is 0. The fourth-order valence-electron chi connectivity index (χ4n) is 1.88. The zero-order chi connectivity index (χ0) is 14.0. The van der Waals surface area contributed by atoms with Crippen molar-refractivity contribution in [3.8, 4) is 5.75 Å². The predicted octanol–water partition coefficient (Wildman–Crippen LogP) is 3.99. The number of aliphatic hydroxyl groups is 1. The maximum atomic E-state index is 13.3. The van der Waals surface area contributed by atoms with E-state index in [1.807, 2.05) is 25.1 Å². The van der Waals surface area contributed by atoms with Crippen LogP contribution >= 0.6 is 15.9 Å². The van der Waals surface area contributed by atoms with Crippen LogP contribution in [0.25, 0.3) is 0 Å². The second kappa shape index (κ2) is 5.72. The zero-order valence-corrected chi connectivity index (χ0v) is 12.2. The van der Waals surface area contributed by atoms with Gasteiger partial charge in [-0.25, -0.2) is 4.39 Å². The zero-order valence-electron chi connectivity index (χ0n) is 10.7. The van der Waals surface area contributed by atoms with Crippen molar-refractivity contribution >= 4 is 15.9 Å². The highest BCUT2D eigenvalue weighted by atomic mass is 79.9. The molecule has 100 valence electrons. The molecule has 1 N–H and O–H groups in total. The van der Waals surface area contributed by atoms with Crippen LogP contribution in [0.5, 0.6) is 5.75 Å². The van der Waals surface area contributed by atoms with E-state index in [1.54, 1.807) is 0 Å². The molecule has 0 spiro atoms. The monoisotopic (exact) mass is 324 g/mol. The Bertz CT molecular complexity index is 599. The first-order chi connectivity index (χ1) is 9.02. The maximum absolute atomic E-state index is 13.3. The van der Waals surface area contributed by atoms with Crippen LogP contribution in [0, 0.1) is 12.7 Å². The molecule has 0 heterocycles. The number of aliphatic hydroxyl groups excluding tert-OH is 1. The molecule has 2 aromatic carbocycles. The van der Waals surface area contributed by atoms with E-state index in [2.05, 4.69) is 15.9 Å². The summed E-state index contributed by atoms with van der Waals surface area (Å²) in [6.07, 6.45) is -0.928. The van der Waals surface area contributed by atoms with E-state index in [9.17, 15) is 9.50 Å². The average Bonchev–Trinajstić information content (AvgIpc) is 2.41. The number of benzene rings is 2. The number of ether oxygens (including phenoxy) is 1. The Morgan fingerprint density at radius 3 is 2.58 bits per heavy atom. The number of hydrogen-bond donors (Lipinski definition) is 1. The van der Waals surface area contributed by atoms with Crippen LogP contribution in [0.1, 0.15) is 22.8 Å². The summed E-state index contributed by atoms with van der Waals surface area (Å²) < 4.78 is 19.4. The normalized spacial score (nSPS) is 12.3.